The van der Waals surface area contributed by atoms with E-state index < -0.39 is 9.84 Å². The largest absolute Gasteiger partial charge is 0.353 e. The lowest BCUT2D eigenvalue weighted by atomic mass is 9.96. The van der Waals surface area contributed by atoms with Gasteiger partial charge < -0.3 is 10.6 Å². The van der Waals surface area contributed by atoms with Gasteiger partial charge in [-0.05, 0) is 38.8 Å². The van der Waals surface area contributed by atoms with Gasteiger partial charge in [0.05, 0.1) is 11.5 Å². The van der Waals surface area contributed by atoms with Crippen molar-refractivity contribution in [3.05, 3.63) is 0 Å². The summed E-state index contributed by atoms with van der Waals surface area (Å²) in [4.78, 5) is 11.9. The van der Waals surface area contributed by atoms with Gasteiger partial charge in [-0.15, -0.1) is 0 Å². The molecule has 0 radical (unpaired) electrons. The Balaban J connectivity index is 1.79. The number of sulfone groups is 1. The zero-order chi connectivity index (χ0) is 12.3. The van der Waals surface area contributed by atoms with E-state index in [9.17, 15) is 13.2 Å². The van der Waals surface area contributed by atoms with Crippen LogP contribution in [0.5, 0.6) is 0 Å². The predicted molar refractivity (Wildman–Crippen MR) is 65.4 cm³/mol. The summed E-state index contributed by atoms with van der Waals surface area (Å²) in [5, 5.41) is 6.22. The Morgan fingerprint density at radius 2 is 1.65 bits per heavy atom. The Morgan fingerprint density at radius 1 is 1.06 bits per heavy atom. The normalized spacial score (nSPS) is 26.6. The van der Waals surface area contributed by atoms with E-state index in [0.29, 0.717) is 12.8 Å². The van der Waals surface area contributed by atoms with Crippen LogP contribution in [-0.4, -0.2) is 45.0 Å². The van der Waals surface area contributed by atoms with E-state index in [0.717, 1.165) is 25.9 Å². The highest BCUT2D eigenvalue weighted by atomic mass is 32.2. The van der Waals surface area contributed by atoms with Crippen molar-refractivity contribution >= 4 is 15.7 Å². The third-order valence-corrected chi connectivity index (χ3v) is 5.33. The van der Waals surface area contributed by atoms with Gasteiger partial charge in [-0.3, -0.25) is 4.79 Å². The molecule has 2 fully saturated rings. The molecule has 5 nitrogen and oxygen atoms in total. The van der Waals surface area contributed by atoms with E-state index in [1.165, 1.54) is 0 Å². The summed E-state index contributed by atoms with van der Waals surface area (Å²) in [5.41, 5.74) is 0. The molecule has 0 bridgehead atoms. The van der Waals surface area contributed by atoms with E-state index in [1.54, 1.807) is 0 Å². The monoisotopic (exact) mass is 260 g/mol. The molecule has 2 aliphatic heterocycles. The molecule has 2 aliphatic rings. The van der Waals surface area contributed by atoms with Gasteiger partial charge in [-0.1, -0.05) is 0 Å². The molecule has 0 aromatic rings. The molecular formula is C11H20N2O3S. The third-order valence-electron chi connectivity index (χ3n) is 3.61. The Bertz CT molecular complexity index is 360. The van der Waals surface area contributed by atoms with E-state index >= 15 is 0 Å². The summed E-state index contributed by atoms with van der Waals surface area (Å²) in [6, 6.07) is 0.0564. The van der Waals surface area contributed by atoms with Crippen molar-refractivity contribution in [2.24, 2.45) is 5.92 Å². The number of carbonyl (C=O) groups excluding carboxylic acids is 1. The second kappa shape index (κ2) is 5.35. The van der Waals surface area contributed by atoms with Crippen molar-refractivity contribution in [1.82, 2.24) is 10.6 Å². The van der Waals surface area contributed by atoms with Crippen LogP contribution >= 0.6 is 0 Å². The van der Waals surface area contributed by atoms with Gasteiger partial charge in [0, 0.05) is 12.0 Å². The number of hydrogen-bond acceptors (Lipinski definition) is 4. The Morgan fingerprint density at radius 3 is 2.24 bits per heavy atom. The average molecular weight is 260 g/mol. The first-order valence-electron chi connectivity index (χ1n) is 6.28. The lowest BCUT2D eigenvalue weighted by Crippen LogP contribution is -2.45. The molecule has 0 unspecified atom stereocenters. The second-order valence-electron chi connectivity index (χ2n) is 4.96. The highest BCUT2D eigenvalue weighted by molar-refractivity contribution is 7.91. The zero-order valence-electron chi connectivity index (χ0n) is 9.94. The fourth-order valence-electron chi connectivity index (χ4n) is 2.44. The molecule has 98 valence electrons. The predicted octanol–water partition coefficient (Wildman–Crippen LogP) is -0.321. The topological polar surface area (TPSA) is 75.3 Å². The first-order chi connectivity index (χ1) is 8.07. The van der Waals surface area contributed by atoms with Crippen LogP contribution in [0.4, 0.5) is 0 Å². The standard InChI is InChI=1S/C11H20N2O3S/c14-11(9-1-5-12-6-2-9)13-10-3-7-17(15,16)8-4-10/h9-10,12H,1-8H2,(H,13,14). The highest BCUT2D eigenvalue weighted by Crippen LogP contribution is 2.15. The first-order valence-corrected chi connectivity index (χ1v) is 8.10. The molecule has 6 heteroatoms. The Kier molecular flexibility index (Phi) is 4.04. The number of nitrogens with one attached hydrogen (secondary N) is 2. The van der Waals surface area contributed by atoms with Gasteiger partial charge in [0.15, 0.2) is 0 Å². The van der Waals surface area contributed by atoms with E-state index in [1.807, 2.05) is 0 Å². The summed E-state index contributed by atoms with van der Waals surface area (Å²) < 4.78 is 22.5. The van der Waals surface area contributed by atoms with Crippen LogP contribution in [0, 0.1) is 5.92 Å². The minimum absolute atomic E-state index is 0.0564. The van der Waals surface area contributed by atoms with Gasteiger partial charge in [-0.25, -0.2) is 8.42 Å². The minimum atomic E-state index is -2.84. The number of hydrogen-bond donors (Lipinski definition) is 2. The molecule has 0 aromatic heterocycles. The van der Waals surface area contributed by atoms with Gasteiger partial charge in [0.1, 0.15) is 9.84 Å². The first kappa shape index (κ1) is 12.8. The molecule has 0 spiro atoms. The zero-order valence-corrected chi connectivity index (χ0v) is 10.8. The Labute approximate surface area is 102 Å². The van der Waals surface area contributed by atoms with Crippen LogP contribution in [0.3, 0.4) is 0 Å². The van der Waals surface area contributed by atoms with Crippen LogP contribution in [0.1, 0.15) is 25.7 Å². The average Bonchev–Trinajstić information content (AvgIpc) is 2.33. The fourth-order valence-corrected chi connectivity index (χ4v) is 3.93. The maximum Gasteiger partial charge on any atom is 0.223 e. The van der Waals surface area contributed by atoms with E-state index in [2.05, 4.69) is 10.6 Å². The van der Waals surface area contributed by atoms with Crippen molar-refractivity contribution in [2.75, 3.05) is 24.6 Å². The lowest BCUT2D eigenvalue weighted by Gasteiger charge is -2.27. The van der Waals surface area contributed by atoms with Gasteiger partial charge in [0.2, 0.25) is 5.91 Å². The summed E-state index contributed by atoms with van der Waals surface area (Å²) in [7, 11) is -2.84. The van der Waals surface area contributed by atoms with Gasteiger partial charge in [-0.2, -0.15) is 0 Å². The number of carbonyl (C=O) groups is 1. The van der Waals surface area contributed by atoms with Crippen molar-refractivity contribution in [1.29, 1.82) is 0 Å². The Hall–Kier alpha value is -0.620. The lowest BCUT2D eigenvalue weighted by molar-refractivity contribution is -0.126. The van der Waals surface area contributed by atoms with E-state index in [4.69, 9.17) is 0 Å². The SMILES string of the molecule is O=C(NC1CCS(=O)(=O)CC1)C1CCNCC1. The quantitative estimate of drug-likeness (QED) is 0.713. The highest BCUT2D eigenvalue weighted by Gasteiger charge is 2.27. The van der Waals surface area contributed by atoms with Crippen LogP contribution in [0.2, 0.25) is 0 Å². The molecule has 2 heterocycles. The number of piperidine rings is 1. The number of rotatable bonds is 2. The maximum atomic E-state index is 11.9. The fraction of sp³-hybridized carbons (Fsp3) is 0.909. The molecular weight excluding hydrogens is 240 g/mol. The summed E-state index contributed by atoms with van der Waals surface area (Å²) in [6.07, 6.45) is 2.91. The molecule has 17 heavy (non-hydrogen) atoms. The molecule has 0 atom stereocenters. The molecule has 2 saturated heterocycles. The molecule has 0 aromatic carbocycles. The smallest absolute Gasteiger partial charge is 0.223 e. The van der Waals surface area contributed by atoms with Crippen LogP contribution in [0.25, 0.3) is 0 Å². The van der Waals surface area contributed by atoms with Crippen molar-refractivity contribution in [3.8, 4) is 0 Å². The van der Waals surface area contributed by atoms with Crippen molar-refractivity contribution in [2.45, 2.75) is 31.7 Å². The molecule has 2 N–H and O–H groups in total. The van der Waals surface area contributed by atoms with Crippen LogP contribution < -0.4 is 10.6 Å². The third kappa shape index (κ3) is 3.67. The van der Waals surface area contributed by atoms with Gasteiger partial charge in [0.25, 0.3) is 0 Å². The molecule has 0 aliphatic carbocycles. The van der Waals surface area contributed by atoms with E-state index in [-0.39, 0.29) is 29.4 Å². The molecule has 0 saturated carbocycles. The van der Waals surface area contributed by atoms with Crippen LogP contribution in [0.15, 0.2) is 0 Å². The molecule has 1 amide bonds. The summed E-state index contributed by atoms with van der Waals surface area (Å²) in [5.74, 6) is 0.638. The van der Waals surface area contributed by atoms with Crippen molar-refractivity contribution in [3.63, 3.8) is 0 Å². The number of amides is 1. The molecule has 2 rings (SSSR count). The second-order valence-corrected chi connectivity index (χ2v) is 7.26. The maximum absolute atomic E-state index is 11.9. The summed E-state index contributed by atoms with van der Waals surface area (Å²) in [6.45, 7) is 1.80. The van der Waals surface area contributed by atoms with Crippen LogP contribution in [-0.2, 0) is 14.6 Å². The van der Waals surface area contributed by atoms with Crippen molar-refractivity contribution < 1.29 is 13.2 Å². The minimum Gasteiger partial charge on any atom is -0.353 e. The van der Waals surface area contributed by atoms with Gasteiger partial charge >= 0.3 is 0 Å². The summed E-state index contributed by atoms with van der Waals surface area (Å²) >= 11 is 0.